The Morgan fingerprint density at radius 1 is 0.879 bits per heavy atom. The van der Waals surface area contributed by atoms with Gasteiger partial charge < -0.3 is 4.90 Å². The molecule has 0 bridgehead atoms. The van der Waals surface area contributed by atoms with E-state index in [1.54, 1.807) is 29.2 Å². The third-order valence-electron chi connectivity index (χ3n) is 6.23. The molecule has 2 aliphatic heterocycles. The number of sulfonamides is 2. The maximum atomic E-state index is 13.3. The minimum Gasteiger partial charge on any atom is -0.336 e. The van der Waals surface area contributed by atoms with Gasteiger partial charge in [0.25, 0.3) is 5.91 Å². The monoisotopic (exact) mass is 491 g/mol. The molecule has 8 nitrogen and oxygen atoms in total. The number of hydrogen-bond donors (Lipinski definition) is 0. The van der Waals surface area contributed by atoms with E-state index in [2.05, 4.69) is 0 Å². The average Bonchev–Trinajstić information content (AvgIpc) is 3.11. The summed E-state index contributed by atoms with van der Waals surface area (Å²) < 4.78 is 53.6. The van der Waals surface area contributed by atoms with Crippen LogP contribution in [-0.2, 0) is 20.0 Å². The molecule has 0 N–H and O–H groups in total. The van der Waals surface area contributed by atoms with Crippen LogP contribution in [0.1, 0.15) is 33.5 Å². The molecule has 2 saturated heterocycles. The molecule has 0 aromatic heterocycles. The fraction of sp³-hybridized carbons (Fsp3) is 0.435. The quantitative estimate of drug-likeness (QED) is 0.654. The summed E-state index contributed by atoms with van der Waals surface area (Å²) in [6.07, 6.45) is 0.595. The number of nitrogens with zero attached hydrogens (tertiary/aromatic N) is 3. The van der Waals surface area contributed by atoms with E-state index >= 15 is 0 Å². The molecule has 0 radical (unpaired) electrons. The highest BCUT2D eigenvalue weighted by Gasteiger charge is 2.33. The second-order valence-electron chi connectivity index (χ2n) is 8.71. The summed E-state index contributed by atoms with van der Waals surface area (Å²) in [6, 6.07) is 10.3. The lowest BCUT2D eigenvalue weighted by Gasteiger charge is -2.34. The minimum atomic E-state index is -3.65. The van der Waals surface area contributed by atoms with Crippen LogP contribution in [0.15, 0.2) is 41.3 Å². The van der Waals surface area contributed by atoms with Gasteiger partial charge in [-0.05, 0) is 62.6 Å². The summed E-state index contributed by atoms with van der Waals surface area (Å²) in [6.45, 7) is 7.06. The number of hydrogen-bond acceptors (Lipinski definition) is 5. The zero-order valence-corrected chi connectivity index (χ0v) is 20.7. The predicted molar refractivity (Wildman–Crippen MR) is 128 cm³/mol. The molecule has 2 fully saturated rings. The van der Waals surface area contributed by atoms with E-state index in [-0.39, 0.29) is 24.7 Å². The van der Waals surface area contributed by atoms with Crippen LogP contribution in [0.4, 0.5) is 5.69 Å². The van der Waals surface area contributed by atoms with Gasteiger partial charge in [0.05, 0.1) is 16.3 Å². The lowest BCUT2D eigenvalue weighted by Crippen LogP contribution is -2.50. The molecule has 4 rings (SSSR count). The third-order valence-corrected chi connectivity index (χ3v) is 10.3. The van der Waals surface area contributed by atoms with Crippen LogP contribution in [0.2, 0.25) is 0 Å². The number of carbonyl (C=O) groups is 1. The van der Waals surface area contributed by atoms with E-state index in [0.717, 1.165) is 16.7 Å². The van der Waals surface area contributed by atoms with Crippen molar-refractivity contribution in [3.8, 4) is 0 Å². The standard InChI is InChI=1S/C23H29N3O5S2/c1-17-15-18(2)22(19(3)16-17)33(30,31)25-12-10-24(11-13-25)23(27)20-5-7-21(8-6-20)26-9-4-14-32(26,28)29/h5-8,15-16H,4,9-14H2,1-3H3. The molecule has 33 heavy (non-hydrogen) atoms. The van der Waals surface area contributed by atoms with Gasteiger partial charge in [-0.3, -0.25) is 9.10 Å². The van der Waals surface area contributed by atoms with E-state index in [4.69, 9.17) is 0 Å². The Labute approximate surface area is 195 Å². The second-order valence-corrected chi connectivity index (χ2v) is 12.6. The highest BCUT2D eigenvalue weighted by Crippen LogP contribution is 2.27. The van der Waals surface area contributed by atoms with E-state index in [0.29, 0.717) is 42.2 Å². The number of piperazine rings is 1. The number of anilines is 1. The van der Waals surface area contributed by atoms with Crippen molar-refractivity contribution in [2.45, 2.75) is 32.1 Å². The molecule has 0 spiro atoms. The van der Waals surface area contributed by atoms with Gasteiger partial charge in [0.2, 0.25) is 20.0 Å². The molecule has 2 aromatic carbocycles. The highest BCUT2D eigenvalue weighted by atomic mass is 32.2. The van der Waals surface area contributed by atoms with Crippen LogP contribution in [0.3, 0.4) is 0 Å². The van der Waals surface area contributed by atoms with Gasteiger partial charge in [-0.2, -0.15) is 4.31 Å². The molecule has 2 heterocycles. The fourth-order valence-electron chi connectivity index (χ4n) is 4.72. The molecule has 10 heteroatoms. The maximum absolute atomic E-state index is 13.3. The smallest absolute Gasteiger partial charge is 0.253 e. The van der Waals surface area contributed by atoms with Gasteiger partial charge in [-0.1, -0.05) is 17.7 Å². The molecule has 0 atom stereocenters. The van der Waals surface area contributed by atoms with Crippen LogP contribution in [0.5, 0.6) is 0 Å². The topological polar surface area (TPSA) is 95.1 Å². The van der Waals surface area contributed by atoms with E-state index in [1.165, 1.54) is 8.61 Å². The zero-order chi connectivity index (χ0) is 24.0. The van der Waals surface area contributed by atoms with Crippen molar-refractivity contribution in [3.63, 3.8) is 0 Å². The van der Waals surface area contributed by atoms with Crippen LogP contribution in [0, 0.1) is 20.8 Å². The van der Waals surface area contributed by atoms with Crippen molar-refractivity contribution in [1.29, 1.82) is 0 Å². The van der Waals surface area contributed by atoms with Crippen molar-refractivity contribution >= 4 is 31.6 Å². The first-order chi connectivity index (χ1) is 15.5. The summed E-state index contributed by atoms with van der Waals surface area (Å²) in [7, 11) is -6.92. The number of benzene rings is 2. The molecular weight excluding hydrogens is 462 g/mol. The first-order valence-electron chi connectivity index (χ1n) is 11.0. The van der Waals surface area contributed by atoms with Gasteiger partial charge >= 0.3 is 0 Å². The number of amides is 1. The van der Waals surface area contributed by atoms with Crippen LogP contribution >= 0.6 is 0 Å². The van der Waals surface area contributed by atoms with Crippen LogP contribution in [-0.4, -0.2) is 70.4 Å². The molecule has 2 aromatic rings. The van der Waals surface area contributed by atoms with Gasteiger partial charge in [0.15, 0.2) is 0 Å². The van der Waals surface area contributed by atoms with Crippen molar-refractivity contribution in [3.05, 3.63) is 58.7 Å². The van der Waals surface area contributed by atoms with Crippen molar-refractivity contribution in [2.75, 3.05) is 42.8 Å². The molecule has 0 aliphatic carbocycles. The Hall–Kier alpha value is -2.43. The van der Waals surface area contributed by atoms with Gasteiger partial charge in [-0.25, -0.2) is 16.8 Å². The van der Waals surface area contributed by atoms with E-state index < -0.39 is 20.0 Å². The summed E-state index contributed by atoms with van der Waals surface area (Å²) in [5.41, 5.74) is 3.49. The Balaban J connectivity index is 1.44. The molecule has 2 aliphatic rings. The zero-order valence-electron chi connectivity index (χ0n) is 19.1. The molecule has 178 valence electrons. The number of aryl methyl sites for hydroxylation is 3. The van der Waals surface area contributed by atoms with Gasteiger partial charge in [0, 0.05) is 38.3 Å². The minimum absolute atomic E-state index is 0.141. The second kappa shape index (κ2) is 8.73. The fourth-order valence-corrected chi connectivity index (χ4v) is 8.12. The summed E-state index contributed by atoms with van der Waals surface area (Å²) in [5.74, 6) is -0.0479. The first kappa shape index (κ1) is 23.7. The third kappa shape index (κ3) is 4.51. The van der Waals surface area contributed by atoms with Crippen molar-refractivity contribution < 1.29 is 21.6 Å². The van der Waals surface area contributed by atoms with Gasteiger partial charge in [-0.15, -0.1) is 0 Å². The van der Waals surface area contributed by atoms with Crippen molar-refractivity contribution in [2.24, 2.45) is 0 Å². The molecule has 0 unspecified atom stereocenters. The van der Waals surface area contributed by atoms with Gasteiger partial charge in [0.1, 0.15) is 0 Å². The molecule has 0 saturated carbocycles. The molecular formula is C23H29N3O5S2. The Bertz CT molecular complexity index is 1260. The van der Waals surface area contributed by atoms with Crippen LogP contribution < -0.4 is 4.31 Å². The number of rotatable bonds is 4. The first-order valence-corrected chi connectivity index (χ1v) is 14.0. The largest absolute Gasteiger partial charge is 0.336 e. The Kier molecular flexibility index (Phi) is 6.28. The Morgan fingerprint density at radius 2 is 1.45 bits per heavy atom. The molecule has 1 amide bonds. The summed E-state index contributed by atoms with van der Waals surface area (Å²) >= 11 is 0. The lowest BCUT2D eigenvalue weighted by atomic mass is 10.1. The predicted octanol–water partition coefficient (Wildman–Crippen LogP) is 2.30. The summed E-state index contributed by atoms with van der Waals surface area (Å²) in [4.78, 5) is 14.9. The van der Waals surface area contributed by atoms with E-state index in [1.807, 2.05) is 32.9 Å². The Morgan fingerprint density at radius 3 is 1.97 bits per heavy atom. The highest BCUT2D eigenvalue weighted by molar-refractivity contribution is 7.93. The SMILES string of the molecule is Cc1cc(C)c(S(=O)(=O)N2CCN(C(=O)c3ccc(N4CCCS4(=O)=O)cc3)CC2)c(C)c1. The normalized spacial score (nSPS) is 19.1. The van der Waals surface area contributed by atoms with E-state index in [9.17, 15) is 21.6 Å². The average molecular weight is 492 g/mol. The maximum Gasteiger partial charge on any atom is 0.253 e. The lowest BCUT2D eigenvalue weighted by molar-refractivity contribution is 0.0698. The van der Waals surface area contributed by atoms with Crippen LogP contribution in [0.25, 0.3) is 0 Å². The van der Waals surface area contributed by atoms with Crippen molar-refractivity contribution in [1.82, 2.24) is 9.21 Å². The summed E-state index contributed by atoms with van der Waals surface area (Å²) in [5, 5.41) is 0. The number of carbonyl (C=O) groups excluding carboxylic acids is 1.